The van der Waals surface area contributed by atoms with Crippen molar-refractivity contribution >= 4 is 11.3 Å². The average molecular weight is 168 g/mol. The lowest BCUT2D eigenvalue weighted by Crippen LogP contribution is -2.09. The molecule has 2 N–H and O–H groups in total. The zero-order valence-corrected chi connectivity index (χ0v) is 6.73. The minimum absolute atomic E-state index is 0.500. The number of thiophene rings is 1. The summed E-state index contributed by atoms with van der Waals surface area (Å²) in [5.74, 6) is 0. The predicted octanol–water partition coefficient (Wildman–Crippen LogP) is 0.957. The van der Waals surface area contributed by atoms with Crippen LogP contribution in [0.1, 0.15) is 5.56 Å². The molecule has 1 aromatic heterocycles. The molecule has 0 spiro atoms. The number of nitrogens with two attached hydrogens (primary N) is 1. The van der Waals surface area contributed by atoms with Crippen LogP contribution < -0.4 is 10.5 Å². The molecule has 0 saturated carbocycles. The smallest absolute Gasteiger partial charge is 0.175 e. The first-order valence-electron chi connectivity index (χ1n) is 3.18. The number of nitrogens with zero attached hydrogens (tertiary/aromatic N) is 1. The van der Waals surface area contributed by atoms with Gasteiger partial charge in [-0.15, -0.1) is 11.3 Å². The Morgan fingerprint density at radius 2 is 2.55 bits per heavy atom. The highest BCUT2D eigenvalue weighted by Crippen LogP contribution is 2.21. The van der Waals surface area contributed by atoms with Crippen molar-refractivity contribution in [2.45, 2.75) is 0 Å². The summed E-state index contributed by atoms with van der Waals surface area (Å²) in [5, 5.41) is 11.0. The summed E-state index contributed by atoms with van der Waals surface area (Å²) in [5.41, 5.74) is 5.87. The molecule has 0 aliphatic rings. The van der Waals surface area contributed by atoms with Crippen LogP contribution in [0.25, 0.3) is 0 Å². The maximum absolute atomic E-state index is 8.45. The Bertz CT molecular complexity index is 264. The third-order valence-corrected chi connectivity index (χ3v) is 1.91. The summed E-state index contributed by atoms with van der Waals surface area (Å²) < 4.78 is 5.18. The highest BCUT2D eigenvalue weighted by Gasteiger charge is 1.97. The molecule has 0 bridgehead atoms. The summed E-state index contributed by atoms with van der Waals surface area (Å²) in [6, 6.07) is 3.73. The van der Waals surface area contributed by atoms with Gasteiger partial charge in [-0.1, -0.05) is 0 Å². The maximum atomic E-state index is 8.45. The fourth-order valence-electron chi connectivity index (χ4n) is 0.610. The van der Waals surface area contributed by atoms with Crippen molar-refractivity contribution in [3.63, 3.8) is 0 Å². The molecule has 58 valence electrons. The van der Waals surface area contributed by atoms with Crippen molar-refractivity contribution in [3.05, 3.63) is 17.0 Å². The molecule has 0 aliphatic heterocycles. The van der Waals surface area contributed by atoms with Gasteiger partial charge in [-0.25, -0.2) is 0 Å². The normalized spacial score (nSPS) is 9.09. The lowest BCUT2D eigenvalue weighted by Gasteiger charge is -1.97. The number of rotatable bonds is 3. The molecule has 0 aromatic carbocycles. The molecule has 0 radical (unpaired) electrons. The monoisotopic (exact) mass is 168 g/mol. The van der Waals surface area contributed by atoms with Gasteiger partial charge in [0, 0.05) is 18.0 Å². The van der Waals surface area contributed by atoms with Gasteiger partial charge in [0.15, 0.2) is 5.06 Å². The molecule has 3 nitrogen and oxygen atoms in total. The van der Waals surface area contributed by atoms with Gasteiger partial charge < -0.3 is 10.5 Å². The molecule has 4 heteroatoms. The molecule has 1 heterocycles. The van der Waals surface area contributed by atoms with Crippen molar-refractivity contribution in [2.75, 3.05) is 13.2 Å². The molecule has 0 atom stereocenters. The highest BCUT2D eigenvalue weighted by atomic mass is 32.1. The van der Waals surface area contributed by atoms with Gasteiger partial charge in [-0.2, -0.15) is 5.26 Å². The van der Waals surface area contributed by atoms with Crippen LogP contribution >= 0.6 is 11.3 Å². The van der Waals surface area contributed by atoms with Crippen molar-refractivity contribution in [3.8, 4) is 11.1 Å². The second-order valence-corrected chi connectivity index (χ2v) is 2.78. The molecule has 1 rings (SSSR count). The standard InChI is InChI=1S/C7H8N2OS/c8-1-2-10-7-3-6(4-9)5-11-7/h3,5H,1-2,8H2. The minimum Gasteiger partial charge on any atom is -0.483 e. The molecule has 0 fully saturated rings. The van der Waals surface area contributed by atoms with Gasteiger partial charge >= 0.3 is 0 Å². The molecule has 1 aromatic rings. The largest absolute Gasteiger partial charge is 0.483 e. The first-order chi connectivity index (χ1) is 5.36. The van der Waals surface area contributed by atoms with E-state index in [4.69, 9.17) is 15.7 Å². The van der Waals surface area contributed by atoms with E-state index in [0.29, 0.717) is 18.7 Å². The third kappa shape index (κ3) is 2.22. The van der Waals surface area contributed by atoms with Gasteiger partial charge in [0.05, 0.1) is 5.56 Å². The SMILES string of the molecule is N#Cc1csc(OCCN)c1. The highest BCUT2D eigenvalue weighted by molar-refractivity contribution is 7.12. The predicted molar refractivity (Wildman–Crippen MR) is 43.6 cm³/mol. The zero-order valence-electron chi connectivity index (χ0n) is 5.91. The quantitative estimate of drug-likeness (QED) is 0.731. The van der Waals surface area contributed by atoms with Crippen LogP contribution in [0.2, 0.25) is 0 Å². The Morgan fingerprint density at radius 1 is 1.73 bits per heavy atom. The Kier molecular flexibility index (Phi) is 2.90. The van der Waals surface area contributed by atoms with Crippen molar-refractivity contribution in [1.82, 2.24) is 0 Å². The van der Waals surface area contributed by atoms with E-state index in [1.165, 1.54) is 11.3 Å². The summed E-state index contributed by atoms with van der Waals surface area (Å²) in [7, 11) is 0. The van der Waals surface area contributed by atoms with E-state index in [1.807, 2.05) is 6.07 Å². The summed E-state index contributed by atoms with van der Waals surface area (Å²) >= 11 is 1.41. The topological polar surface area (TPSA) is 59.0 Å². The Hall–Kier alpha value is -1.05. The zero-order chi connectivity index (χ0) is 8.10. The van der Waals surface area contributed by atoms with Gasteiger partial charge in [-0.05, 0) is 0 Å². The van der Waals surface area contributed by atoms with E-state index in [1.54, 1.807) is 11.4 Å². The Balaban J connectivity index is 2.53. The van der Waals surface area contributed by atoms with E-state index >= 15 is 0 Å². The van der Waals surface area contributed by atoms with Crippen LogP contribution in [0.4, 0.5) is 0 Å². The maximum Gasteiger partial charge on any atom is 0.175 e. The Morgan fingerprint density at radius 3 is 3.09 bits per heavy atom. The first-order valence-corrected chi connectivity index (χ1v) is 4.06. The van der Waals surface area contributed by atoms with E-state index in [0.717, 1.165) is 5.06 Å². The number of nitriles is 1. The average Bonchev–Trinajstić information content (AvgIpc) is 2.48. The summed E-state index contributed by atoms with van der Waals surface area (Å²) in [4.78, 5) is 0. The number of hydrogen-bond donors (Lipinski definition) is 1. The summed E-state index contributed by atoms with van der Waals surface area (Å²) in [6.45, 7) is 1.01. The fourth-order valence-corrected chi connectivity index (χ4v) is 1.32. The third-order valence-electron chi connectivity index (χ3n) is 1.07. The van der Waals surface area contributed by atoms with Crippen LogP contribution in [-0.4, -0.2) is 13.2 Å². The van der Waals surface area contributed by atoms with Crippen molar-refractivity contribution < 1.29 is 4.74 Å². The lowest BCUT2D eigenvalue weighted by molar-refractivity contribution is 0.338. The van der Waals surface area contributed by atoms with Crippen molar-refractivity contribution in [2.24, 2.45) is 5.73 Å². The van der Waals surface area contributed by atoms with E-state index in [-0.39, 0.29) is 0 Å². The van der Waals surface area contributed by atoms with E-state index < -0.39 is 0 Å². The van der Waals surface area contributed by atoms with Crippen LogP contribution in [0, 0.1) is 11.3 Å². The molecular weight excluding hydrogens is 160 g/mol. The van der Waals surface area contributed by atoms with Crippen LogP contribution in [0.15, 0.2) is 11.4 Å². The van der Waals surface area contributed by atoms with E-state index in [9.17, 15) is 0 Å². The van der Waals surface area contributed by atoms with Crippen LogP contribution in [0.5, 0.6) is 5.06 Å². The molecular formula is C7H8N2OS. The lowest BCUT2D eigenvalue weighted by atomic mass is 10.4. The minimum atomic E-state index is 0.500. The molecule has 0 unspecified atom stereocenters. The second kappa shape index (κ2) is 3.96. The second-order valence-electron chi connectivity index (χ2n) is 1.90. The van der Waals surface area contributed by atoms with Crippen molar-refractivity contribution in [1.29, 1.82) is 5.26 Å². The molecule has 0 saturated heterocycles. The number of hydrogen-bond acceptors (Lipinski definition) is 4. The van der Waals surface area contributed by atoms with E-state index in [2.05, 4.69) is 0 Å². The molecule has 0 aliphatic carbocycles. The molecule has 11 heavy (non-hydrogen) atoms. The van der Waals surface area contributed by atoms with Crippen LogP contribution in [0.3, 0.4) is 0 Å². The first kappa shape index (κ1) is 8.05. The van der Waals surface area contributed by atoms with Gasteiger partial charge in [-0.3, -0.25) is 0 Å². The molecule has 0 amide bonds. The van der Waals surface area contributed by atoms with Gasteiger partial charge in [0.1, 0.15) is 12.7 Å². The van der Waals surface area contributed by atoms with Gasteiger partial charge in [0.2, 0.25) is 0 Å². The Labute approximate surface area is 69.0 Å². The van der Waals surface area contributed by atoms with Gasteiger partial charge in [0.25, 0.3) is 0 Å². The van der Waals surface area contributed by atoms with Crippen LogP contribution in [-0.2, 0) is 0 Å². The number of ether oxygens (including phenoxy) is 1. The fraction of sp³-hybridized carbons (Fsp3) is 0.286. The summed E-state index contributed by atoms with van der Waals surface area (Å²) in [6.07, 6.45) is 0.